The molecule has 2 fully saturated rings. The van der Waals surface area contributed by atoms with Crippen LogP contribution in [0.4, 0.5) is 5.82 Å². The number of carbonyl (C=O) groups is 1. The van der Waals surface area contributed by atoms with Crippen LogP contribution in [0.2, 0.25) is 0 Å². The molecule has 4 heterocycles. The van der Waals surface area contributed by atoms with E-state index in [1.165, 1.54) is 0 Å². The summed E-state index contributed by atoms with van der Waals surface area (Å²) in [5, 5.41) is 8.46. The van der Waals surface area contributed by atoms with Gasteiger partial charge in [-0.15, -0.1) is 0 Å². The van der Waals surface area contributed by atoms with E-state index in [2.05, 4.69) is 20.3 Å². The molecule has 0 aliphatic carbocycles. The molecule has 27 heavy (non-hydrogen) atoms. The van der Waals surface area contributed by atoms with Crippen LogP contribution in [-0.2, 0) is 16.6 Å². The second-order valence-corrected chi connectivity index (χ2v) is 7.89. The van der Waals surface area contributed by atoms with Gasteiger partial charge in [0.1, 0.15) is 11.6 Å². The average Bonchev–Trinajstić information content (AvgIpc) is 3.14. The minimum atomic E-state index is -0.0508. The highest BCUT2D eigenvalue weighted by Crippen LogP contribution is 2.40. The molecule has 2 saturated heterocycles. The molecular weight excluding hydrogens is 344 g/mol. The Morgan fingerprint density at radius 3 is 2.70 bits per heavy atom. The number of piperidine rings is 1. The number of hydrogen-bond acceptors (Lipinski definition) is 6. The molecular formula is C19H28N6O2. The third-order valence-corrected chi connectivity index (χ3v) is 5.84. The zero-order valence-electron chi connectivity index (χ0n) is 16.6. The van der Waals surface area contributed by atoms with Gasteiger partial charge in [-0.2, -0.15) is 5.10 Å². The number of nitrogens with one attached hydrogen (secondary N) is 1. The molecule has 0 radical (unpaired) electrons. The minimum Gasteiger partial charge on any atom is -0.370 e. The van der Waals surface area contributed by atoms with Crippen LogP contribution in [0.1, 0.15) is 44.1 Å². The van der Waals surface area contributed by atoms with Crippen LogP contribution in [0.25, 0.3) is 11.0 Å². The van der Waals surface area contributed by atoms with Gasteiger partial charge in [0.25, 0.3) is 0 Å². The normalized spacial score (nSPS) is 21.9. The predicted octanol–water partition coefficient (Wildman–Crippen LogP) is 1.63. The van der Waals surface area contributed by atoms with E-state index in [1.807, 2.05) is 25.6 Å². The molecule has 146 valence electrons. The van der Waals surface area contributed by atoms with Crippen molar-refractivity contribution in [1.29, 1.82) is 0 Å². The summed E-state index contributed by atoms with van der Waals surface area (Å²) in [6.45, 7) is 7.93. The number of nitrogens with zero attached hydrogens (tertiary/aromatic N) is 5. The van der Waals surface area contributed by atoms with E-state index in [0.29, 0.717) is 6.54 Å². The second kappa shape index (κ2) is 6.74. The Labute approximate surface area is 159 Å². The SMILES string of the molecule is CC(=O)NC[C@H]1CCC2(CCN(c3nc(C)nc4c3c(C)nn4C)CC2)O1. The molecule has 0 bridgehead atoms. The number of carbonyl (C=O) groups excluding carboxylic acids is 1. The third-order valence-electron chi connectivity index (χ3n) is 5.84. The number of anilines is 1. The monoisotopic (exact) mass is 372 g/mol. The fourth-order valence-electron chi connectivity index (χ4n) is 4.44. The van der Waals surface area contributed by atoms with Crippen molar-refractivity contribution >= 4 is 22.8 Å². The molecule has 0 saturated carbocycles. The number of hydrogen-bond donors (Lipinski definition) is 1. The minimum absolute atomic E-state index is 0.00404. The lowest BCUT2D eigenvalue weighted by Gasteiger charge is -2.40. The van der Waals surface area contributed by atoms with E-state index in [-0.39, 0.29) is 17.6 Å². The van der Waals surface area contributed by atoms with Crippen LogP contribution in [0.3, 0.4) is 0 Å². The van der Waals surface area contributed by atoms with Crippen molar-refractivity contribution in [2.75, 3.05) is 24.5 Å². The fourth-order valence-corrected chi connectivity index (χ4v) is 4.44. The largest absolute Gasteiger partial charge is 0.370 e. The summed E-state index contributed by atoms with van der Waals surface area (Å²) < 4.78 is 8.21. The van der Waals surface area contributed by atoms with E-state index in [0.717, 1.165) is 67.1 Å². The van der Waals surface area contributed by atoms with Gasteiger partial charge in [-0.05, 0) is 39.5 Å². The molecule has 2 aromatic rings. The standard InChI is InChI=1S/C19H28N6O2/c1-12-16-17(24(4)23-12)21-13(2)22-18(16)25-9-7-19(8-10-25)6-5-15(27-19)11-20-14(3)26/h15H,5-11H2,1-4H3,(H,20,26)/t15-/m1/s1. The Morgan fingerprint density at radius 1 is 1.26 bits per heavy atom. The highest BCUT2D eigenvalue weighted by molar-refractivity contribution is 5.90. The molecule has 1 amide bonds. The summed E-state index contributed by atoms with van der Waals surface area (Å²) >= 11 is 0. The Balaban J connectivity index is 1.49. The van der Waals surface area contributed by atoms with Gasteiger partial charge in [0, 0.05) is 33.6 Å². The molecule has 2 aliphatic heterocycles. The summed E-state index contributed by atoms with van der Waals surface area (Å²) in [6.07, 6.45) is 4.17. The lowest BCUT2D eigenvalue weighted by molar-refractivity contribution is -0.120. The first-order valence-electron chi connectivity index (χ1n) is 9.72. The lowest BCUT2D eigenvalue weighted by atomic mass is 9.88. The van der Waals surface area contributed by atoms with Crippen molar-refractivity contribution in [1.82, 2.24) is 25.1 Å². The summed E-state index contributed by atoms with van der Waals surface area (Å²) in [6, 6.07) is 0. The third kappa shape index (κ3) is 3.38. The smallest absolute Gasteiger partial charge is 0.216 e. The predicted molar refractivity (Wildman–Crippen MR) is 103 cm³/mol. The van der Waals surface area contributed by atoms with Crippen LogP contribution in [0.5, 0.6) is 0 Å². The number of ether oxygens (including phenoxy) is 1. The van der Waals surface area contributed by atoms with Gasteiger partial charge >= 0.3 is 0 Å². The van der Waals surface area contributed by atoms with Crippen LogP contribution in [-0.4, -0.2) is 57.0 Å². The van der Waals surface area contributed by atoms with Crippen LogP contribution < -0.4 is 10.2 Å². The molecule has 8 nitrogen and oxygen atoms in total. The second-order valence-electron chi connectivity index (χ2n) is 7.89. The van der Waals surface area contributed by atoms with E-state index in [9.17, 15) is 4.79 Å². The zero-order chi connectivity index (χ0) is 19.2. The van der Waals surface area contributed by atoms with Crippen LogP contribution in [0, 0.1) is 13.8 Å². The Kier molecular flexibility index (Phi) is 4.53. The first-order chi connectivity index (χ1) is 12.9. The van der Waals surface area contributed by atoms with Gasteiger partial charge in [-0.1, -0.05) is 0 Å². The van der Waals surface area contributed by atoms with E-state index in [1.54, 1.807) is 6.92 Å². The summed E-state index contributed by atoms with van der Waals surface area (Å²) in [7, 11) is 1.93. The molecule has 8 heteroatoms. The number of aryl methyl sites for hydroxylation is 3. The van der Waals surface area contributed by atoms with Crippen molar-refractivity contribution in [3.63, 3.8) is 0 Å². The quantitative estimate of drug-likeness (QED) is 0.882. The van der Waals surface area contributed by atoms with Crippen molar-refractivity contribution in [3.8, 4) is 0 Å². The highest BCUT2D eigenvalue weighted by atomic mass is 16.5. The first-order valence-corrected chi connectivity index (χ1v) is 9.72. The molecule has 1 spiro atoms. The summed E-state index contributed by atoms with van der Waals surface area (Å²) in [4.78, 5) is 22.8. The maximum Gasteiger partial charge on any atom is 0.216 e. The van der Waals surface area contributed by atoms with E-state index in [4.69, 9.17) is 9.72 Å². The van der Waals surface area contributed by atoms with Gasteiger partial charge < -0.3 is 15.0 Å². The van der Waals surface area contributed by atoms with Crippen molar-refractivity contribution in [2.45, 2.75) is 58.2 Å². The average molecular weight is 372 g/mol. The molecule has 2 aromatic heterocycles. The molecule has 1 N–H and O–H groups in total. The molecule has 0 aromatic carbocycles. The van der Waals surface area contributed by atoms with Crippen LogP contribution >= 0.6 is 0 Å². The van der Waals surface area contributed by atoms with Gasteiger partial charge in [0.15, 0.2) is 5.65 Å². The Bertz CT molecular complexity index is 869. The Hall–Kier alpha value is -2.22. The number of rotatable bonds is 3. The van der Waals surface area contributed by atoms with Crippen molar-refractivity contribution in [2.24, 2.45) is 7.05 Å². The Morgan fingerprint density at radius 2 is 2.00 bits per heavy atom. The van der Waals surface area contributed by atoms with Crippen LogP contribution in [0.15, 0.2) is 0 Å². The topological polar surface area (TPSA) is 85.2 Å². The van der Waals surface area contributed by atoms with E-state index < -0.39 is 0 Å². The van der Waals surface area contributed by atoms with Gasteiger partial charge in [0.05, 0.1) is 22.8 Å². The summed E-state index contributed by atoms with van der Waals surface area (Å²) in [5.41, 5.74) is 1.81. The van der Waals surface area contributed by atoms with Gasteiger partial charge in [-0.25, -0.2) is 9.97 Å². The molecule has 4 rings (SSSR count). The first kappa shape index (κ1) is 18.2. The highest BCUT2D eigenvalue weighted by Gasteiger charge is 2.42. The zero-order valence-corrected chi connectivity index (χ0v) is 16.6. The number of fused-ring (bicyclic) bond motifs is 1. The lowest BCUT2D eigenvalue weighted by Crippen LogP contribution is -2.45. The van der Waals surface area contributed by atoms with Crippen molar-refractivity contribution < 1.29 is 9.53 Å². The molecule has 0 unspecified atom stereocenters. The molecule has 2 aliphatic rings. The summed E-state index contributed by atoms with van der Waals surface area (Å²) in [5.74, 6) is 1.77. The van der Waals surface area contributed by atoms with Crippen molar-refractivity contribution in [3.05, 3.63) is 11.5 Å². The van der Waals surface area contributed by atoms with Gasteiger partial charge in [-0.3, -0.25) is 9.48 Å². The van der Waals surface area contributed by atoms with Gasteiger partial charge in [0.2, 0.25) is 5.91 Å². The fraction of sp³-hybridized carbons (Fsp3) is 0.684. The maximum atomic E-state index is 11.1. The maximum absolute atomic E-state index is 11.1. The number of amides is 1. The molecule has 1 atom stereocenters. The number of aromatic nitrogens is 4. The van der Waals surface area contributed by atoms with E-state index >= 15 is 0 Å².